The fourth-order valence-corrected chi connectivity index (χ4v) is 2.64. The van der Waals surface area contributed by atoms with Crippen LogP contribution >= 0.6 is 11.6 Å². The zero-order valence-electron chi connectivity index (χ0n) is 16.0. The molecule has 0 amide bonds. The lowest BCUT2D eigenvalue weighted by Crippen LogP contribution is -2.00. The number of hydrogen-bond acceptors (Lipinski definition) is 7. The average Bonchev–Trinajstić information content (AvgIpc) is 3.24. The molecule has 1 heterocycles. The Morgan fingerprint density at radius 1 is 1.20 bits per heavy atom. The van der Waals surface area contributed by atoms with Crippen LogP contribution < -0.4 is 9.47 Å². The largest absolute Gasteiger partial charge is 0.493 e. The van der Waals surface area contributed by atoms with Crippen LogP contribution in [0.3, 0.4) is 0 Å². The molecule has 3 aromatic rings. The van der Waals surface area contributed by atoms with Gasteiger partial charge >= 0.3 is 5.97 Å². The van der Waals surface area contributed by atoms with E-state index in [2.05, 4.69) is 5.16 Å². The summed E-state index contributed by atoms with van der Waals surface area (Å²) < 4.78 is 20.9. The van der Waals surface area contributed by atoms with Crippen LogP contribution in [0.1, 0.15) is 11.3 Å². The number of ether oxygens (including phenoxy) is 3. The van der Waals surface area contributed by atoms with E-state index >= 15 is 0 Å². The van der Waals surface area contributed by atoms with Gasteiger partial charge in [0.25, 0.3) is 0 Å². The van der Waals surface area contributed by atoms with Crippen LogP contribution in [0.5, 0.6) is 11.5 Å². The maximum atomic E-state index is 12.0. The number of esters is 1. The van der Waals surface area contributed by atoms with Crippen molar-refractivity contribution in [2.24, 2.45) is 0 Å². The first-order valence-corrected chi connectivity index (χ1v) is 9.21. The minimum atomic E-state index is -0.539. The third-order valence-corrected chi connectivity index (χ3v) is 4.20. The molecular weight excluding hydrogens is 408 g/mol. The highest BCUT2D eigenvalue weighted by Crippen LogP contribution is 2.28. The number of halogens is 1. The van der Waals surface area contributed by atoms with E-state index in [1.165, 1.54) is 13.2 Å². The minimum Gasteiger partial charge on any atom is -0.493 e. The van der Waals surface area contributed by atoms with E-state index in [-0.39, 0.29) is 13.2 Å². The first-order valence-electron chi connectivity index (χ1n) is 8.83. The van der Waals surface area contributed by atoms with Gasteiger partial charge in [-0.05, 0) is 35.9 Å². The Kier molecular flexibility index (Phi) is 7.09. The summed E-state index contributed by atoms with van der Waals surface area (Å²) in [5.41, 5.74) is 2.17. The van der Waals surface area contributed by atoms with Crippen molar-refractivity contribution in [3.05, 3.63) is 71.0 Å². The Labute approximate surface area is 178 Å². The van der Waals surface area contributed by atoms with Crippen molar-refractivity contribution in [2.45, 2.75) is 6.61 Å². The van der Waals surface area contributed by atoms with Gasteiger partial charge in [-0.25, -0.2) is 4.79 Å². The second-order valence-corrected chi connectivity index (χ2v) is 6.42. The molecule has 0 spiro atoms. The zero-order chi connectivity index (χ0) is 21.3. The molecule has 8 heteroatoms. The lowest BCUT2D eigenvalue weighted by molar-refractivity contribution is -0.139. The highest BCUT2D eigenvalue weighted by Gasteiger charge is 2.09. The predicted octanol–water partition coefficient (Wildman–Crippen LogP) is 4.66. The van der Waals surface area contributed by atoms with Crippen molar-refractivity contribution in [3.8, 4) is 28.8 Å². The Balaban J connectivity index is 1.56. The molecule has 0 aliphatic rings. The average molecular weight is 425 g/mol. The molecule has 0 saturated heterocycles. The molecule has 0 unspecified atom stereocenters. The van der Waals surface area contributed by atoms with Crippen LogP contribution in [0, 0.1) is 11.3 Å². The molecule has 0 fully saturated rings. The molecule has 0 N–H and O–H groups in total. The van der Waals surface area contributed by atoms with Crippen molar-refractivity contribution in [1.82, 2.24) is 5.16 Å². The molecule has 0 aliphatic carbocycles. The first-order chi connectivity index (χ1) is 14.6. The summed E-state index contributed by atoms with van der Waals surface area (Å²) >= 11 is 5.88. The maximum Gasteiger partial charge on any atom is 0.331 e. The molecule has 0 bridgehead atoms. The van der Waals surface area contributed by atoms with E-state index < -0.39 is 5.97 Å². The molecule has 0 atom stereocenters. The third kappa shape index (κ3) is 5.63. The van der Waals surface area contributed by atoms with Gasteiger partial charge < -0.3 is 18.7 Å². The standard InChI is InChI=1S/C22H17ClN2O5/c1-27-21-12-15(2-8-20(21)28-11-10-24)3-9-22(26)29-14-18-13-19(25-30-18)16-4-6-17(23)7-5-16/h2-9,12-13H,11,14H2,1H3/b9-3+. The van der Waals surface area contributed by atoms with Crippen molar-refractivity contribution in [2.75, 3.05) is 13.7 Å². The summed E-state index contributed by atoms with van der Waals surface area (Å²) in [4.78, 5) is 12.0. The molecule has 7 nitrogen and oxygen atoms in total. The van der Waals surface area contributed by atoms with Gasteiger partial charge in [0.15, 0.2) is 30.5 Å². The van der Waals surface area contributed by atoms with E-state index in [0.717, 1.165) is 5.56 Å². The molecule has 1 aromatic heterocycles. The fraction of sp³-hybridized carbons (Fsp3) is 0.136. The van der Waals surface area contributed by atoms with Crippen LogP contribution in [0.15, 0.2) is 59.1 Å². The van der Waals surface area contributed by atoms with Crippen molar-refractivity contribution >= 4 is 23.6 Å². The highest BCUT2D eigenvalue weighted by molar-refractivity contribution is 6.30. The number of nitriles is 1. The van der Waals surface area contributed by atoms with Gasteiger partial charge in [0.1, 0.15) is 11.8 Å². The Morgan fingerprint density at radius 3 is 2.73 bits per heavy atom. The summed E-state index contributed by atoms with van der Waals surface area (Å²) in [7, 11) is 1.49. The van der Waals surface area contributed by atoms with Crippen LogP contribution in [0.25, 0.3) is 17.3 Å². The lowest BCUT2D eigenvalue weighted by atomic mass is 10.1. The van der Waals surface area contributed by atoms with Crippen LogP contribution in [0.4, 0.5) is 0 Å². The number of carbonyl (C=O) groups excluding carboxylic acids is 1. The maximum absolute atomic E-state index is 12.0. The van der Waals surface area contributed by atoms with Crippen molar-refractivity contribution in [3.63, 3.8) is 0 Å². The molecule has 30 heavy (non-hydrogen) atoms. The van der Waals surface area contributed by atoms with Crippen LogP contribution in [0.2, 0.25) is 5.02 Å². The molecule has 152 valence electrons. The van der Waals surface area contributed by atoms with Gasteiger partial charge in [-0.3, -0.25) is 0 Å². The minimum absolute atomic E-state index is 0.0476. The normalized spacial score (nSPS) is 10.6. The third-order valence-electron chi connectivity index (χ3n) is 3.95. The second-order valence-electron chi connectivity index (χ2n) is 5.98. The molecule has 3 rings (SSSR count). The smallest absolute Gasteiger partial charge is 0.331 e. The number of nitrogens with zero attached hydrogens (tertiary/aromatic N) is 2. The molecule has 0 saturated carbocycles. The molecule has 0 radical (unpaired) electrons. The first kappa shape index (κ1) is 21.0. The summed E-state index contributed by atoms with van der Waals surface area (Å²) in [5.74, 6) is 0.781. The quantitative estimate of drug-likeness (QED) is 0.383. The SMILES string of the molecule is COc1cc(/C=C/C(=O)OCc2cc(-c3ccc(Cl)cc3)no2)ccc1OCC#N. The lowest BCUT2D eigenvalue weighted by Gasteiger charge is -2.08. The van der Waals surface area contributed by atoms with Gasteiger partial charge in [0.2, 0.25) is 0 Å². The fourth-order valence-electron chi connectivity index (χ4n) is 2.51. The van der Waals surface area contributed by atoms with E-state index in [9.17, 15) is 4.79 Å². The Morgan fingerprint density at radius 2 is 2.00 bits per heavy atom. The van der Waals surface area contributed by atoms with Crippen molar-refractivity contribution in [1.29, 1.82) is 5.26 Å². The number of rotatable bonds is 8. The zero-order valence-corrected chi connectivity index (χ0v) is 16.8. The van der Waals surface area contributed by atoms with E-state index in [1.54, 1.807) is 42.5 Å². The van der Waals surface area contributed by atoms with E-state index in [0.29, 0.717) is 33.5 Å². The van der Waals surface area contributed by atoms with Crippen LogP contribution in [-0.2, 0) is 16.1 Å². The summed E-state index contributed by atoms with van der Waals surface area (Å²) in [6.45, 7) is -0.132. The van der Waals surface area contributed by atoms with E-state index in [1.807, 2.05) is 18.2 Å². The number of aromatic nitrogens is 1. The number of methoxy groups -OCH3 is 1. The highest BCUT2D eigenvalue weighted by atomic mass is 35.5. The monoisotopic (exact) mass is 424 g/mol. The molecule has 0 aliphatic heterocycles. The molecular formula is C22H17ClN2O5. The Hall–Kier alpha value is -3.76. The number of carbonyl (C=O) groups is 1. The van der Waals surface area contributed by atoms with Crippen LogP contribution in [-0.4, -0.2) is 24.8 Å². The van der Waals surface area contributed by atoms with Gasteiger partial charge in [-0.2, -0.15) is 5.26 Å². The predicted molar refractivity (Wildman–Crippen MR) is 110 cm³/mol. The van der Waals surface area contributed by atoms with E-state index in [4.69, 9.17) is 35.6 Å². The van der Waals surface area contributed by atoms with Gasteiger partial charge in [0.05, 0.1) is 7.11 Å². The topological polar surface area (TPSA) is 94.6 Å². The number of hydrogen-bond donors (Lipinski definition) is 0. The van der Waals surface area contributed by atoms with Gasteiger partial charge in [-0.1, -0.05) is 35.0 Å². The van der Waals surface area contributed by atoms with Gasteiger partial charge in [0, 0.05) is 22.7 Å². The van der Waals surface area contributed by atoms with Crippen molar-refractivity contribution < 1.29 is 23.5 Å². The number of benzene rings is 2. The second kappa shape index (κ2) is 10.1. The Bertz CT molecular complexity index is 1080. The molecule has 2 aromatic carbocycles. The summed E-state index contributed by atoms with van der Waals surface area (Å²) in [6.07, 6.45) is 2.87. The summed E-state index contributed by atoms with van der Waals surface area (Å²) in [5, 5.41) is 13.2. The summed E-state index contributed by atoms with van der Waals surface area (Å²) in [6, 6.07) is 15.8. The van der Waals surface area contributed by atoms with Gasteiger partial charge in [-0.15, -0.1) is 0 Å².